The Morgan fingerprint density at radius 3 is 2.85 bits per heavy atom. The van der Waals surface area contributed by atoms with Gasteiger partial charge in [0, 0.05) is 4.79 Å². The van der Waals surface area contributed by atoms with Crippen molar-refractivity contribution in [2.24, 2.45) is 0 Å². The van der Waals surface area contributed by atoms with Gasteiger partial charge >= 0.3 is 0 Å². The van der Waals surface area contributed by atoms with Crippen molar-refractivity contribution in [3.05, 3.63) is 34.4 Å². The number of nitrogens with two attached hydrogens (primary N) is 1. The quantitative estimate of drug-likeness (QED) is 0.513. The van der Waals surface area contributed by atoms with Gasteiger partial charge in [-0.2, -0.15) is 0 Å². The van der Waals surface area contributed by atoms with Crippen LogP contribution in [0.25, 0.3) is 10.9 Å². The lowest BCUT2D eigenvalue weighted by Crippen LogP contribution is -2.10. The number of aromatic nitrogens is 2. The highest BCUT2D eigenvalue weighted by molar-refractivity contribution is 5.88. The maximum atomic E-state index is 10.5. The fourth-order valence-electron chi connectivity index (χ4n) is 1.20. The highest BCUT2D eigenvalue weighted by atomic mass is 16.7. The molecule has 1 aromatic heterocycles. The van der Waals surface area contributed by atoms with Gasteiger partial charge in [0.15, 0.2) is 0 Å². The van der Waals surface area contributed by atoms with E-state index >= 15 is 0 Å². The Hall–Kier alpha value is -2.11. The fraction of sp³-hybridized carbons (Fsp3) is 0. The minimum absolute atomic E-state index is 0.173. The highest BCUT2D eigenvalue weighted by Crippen LogP contribution is 2.18. The van der Waals surface area contributed by atoms with E-state index < -0.39 is 5.03 Å². The third-order valence-electron chi connectivity index (χ3n) is 1.75. The van der Waals surface area contributed by atoms with E-state index in [0.717, 1.165) is 0 Å². The van der Waals surface area contributed by atoms with Gasteiger partial charge in [0.05, 0.1) is 15.5 Å². The number of nitrogens with zero attached hydrogens (tertiary/aromatic N) is 3. The average Bonchev–Trinajstić information content (AvgIpc) is 2.45. The van der Waals surface area contributed by atoms with Crippen molar-refractivity contribution in [3.63, 3.8) is 0 Å². The van der Waals surface area contributed by atoms with Crippen LogP contribution in [0.2, 0.25) is 0 Å². The molecular formula is C7H6N4O2. The molecule has 0 saturated carbocycles. The number of anilines is 1. The zero-order valence-electron chi connectivity index (χ0n) is 6.54. The highest BCUT2D eigenvalue weighted by Gasteiger charge is 2.15. The first kappa shape index (κ1) is 7.53. The third kappa shape index (κ3) is 0.994. The number of hydrogen-bond donors (Lipinski definition) is 1. The molecule has 0 aliphatic rings. The van der Waals surface area contributed by atoms with Crippen LogP contribution < -0.4 is 5.73 Å². The van der Waals surface area contributed by atoms with Gasteiger partial charge in [0.1, 0.15) is 5.52 Å². The summed E-state index contributed by atoms with van der Waals surface area (Å²) in [7, 11) is 0. The molecule has 6 heteroatoms. The Bertz CT molecular complexity index is 476. The van der Waals surface area contributed by atoms with Crippen molar-refractivity contribution in [3.8, 4) is 0 Å². The first-order valence-electron chi connectivity index (χ1n) is 3.58. The Morgan fingerprint density at radius 1 is 1.46 bits per heavy atom. The molecule has 0 unspecified atom stereocenters. The van der Waals surface area contributed by atoms with Crippen molar-refractivity contribution in [1.29, 1.82) is 0 Å². The zero-order valence-corrected chi connectivity index (χ0v) is 6.54. The van der Waals surface area contributed by atoms with Crippen molar-refractivity contribution in [1.82, 2.24) is 9.89 Å². The van der Waals surface area contributed by atoms with Crippen LogP contribution in [0, 0.1) is 10.1 Å². The second-order valence-corrected chi connectivity index (χ2v) is 2.53. The normalized spacial score (nSPS) is 10.5. The third-order valence-corrected chi connectivity index (χ3v) is 1.75. The molecule has 0 fully saturated rings. The summed E-state index contributed by atoms with van der Waals surface area (Å²) < 4.78 is 0. The van der Waals surface area contributed by atoms with Gasteiger partial charge in [-0.1, -0.05) is 12.1 Å². The van der Waals surface area contributed by atoms with E-state index in [1.54, 1.807) is 24.3 Å². The summed E-state index contributed by atoms with van der Waals surface area (Å²) >= 11 is 0. The molecule has 0 radical (unpaired) electrons. The second kappa shape index (κ2) is 2.44. The number of hydrogen-bond acceptors (Lipinski definition) is 4. The largest absolute Gasteiger partial charge is 0.360 e. The van der Waals surface area contributed by atoms with Gasteiger partial charge in [-0.25, -0.2) is 0 Å². The molecule has 6 nitrogen and oxygen atoms in total. The molecule has 2 aromatic rings. The summed E-state index contributed by atoms with van der Waals surface area (Å²) in [6.45, 7) is 0. The summed E-state index contributed by atoms with van der Waals surface area (Å²) in [6, 6.07) is 6.74. The van der Waals surface area contributed by atoms with Gasteiger partial charge < -0.3 is 15.8 Å². The van der Waals surface area contributed by atoms with E-state index in [-0.39, 0.29) is 5.82 Å². The van der Waals surface area contributed by atoms with E-state index in [1.807, 2.05) is 0 Å². The molecule has 2 rings (SSSR count). The maximum absolute atomic E-state index is 10.5. The van der Waals surface area contributed by atoms with Crippen LogP contribution in [0.5, 0.6) is 0 Å². The van der Waals surface area contributed by atoms with E-state index in [1.165, 1.54) is 0 Å². The van der Waals surface area contributed by atoms with Crippen molar-refractivity contribution >= 4 is 16.7 Å². The van der Waals surface area contributed by atoms with E-state index in [4.69, 9.17) is 5.73 Å². The molecule has 0 atom stereocenters. The monoisotopic (exact) mass is 178 g/mol. The predicted octanol–water partition coefficient (Wildman–Crippen LogP) is 0.658. The van der Waals surface area contributed by atoms with Crippen LogP contribution in [-0.4, -0.2) is 14.9 Å². The van der Waals surface area contributed by atoms with Gasteiger partial charge in [-0.3, -0.25) is 0 Å². The molecule has 1 heterocycles. The molecule has 2 N–H and O–H groups in total. The summed E-state index contributed by atoms with van der Waals surface area (Å²) in [5, 5.41) is 14.0. The summed E-state index contributed by atoms with van der Waals surface area (Å²) in [5.41, 5.74) is 5.89. The first-order chi connectivity index (χ1) is 6.20. The summed E-state index contributed by atoms with van der Waals surface area (Å²) in [4.78, 5) is 11.2. The lowest BCUT2D eigenvalue weighted by atomic mass is 10.2. The Balaban J connectivity index is 2.85. The van der Waals surface area contributed by atoms with Crippen LogP contribution in [0.3, 0.4) is 0 Å². The Kier molecular flexibility index (Phi) is 1.42. The molecule has 0 amide bonds. The molecular weight excluding hydrogens is 172 g/mol. The minimum Gasteiger partial charge on any atom is -0.360 e. The minimum atomic E-state index is -0.612. The van der Waals surface area contributed by atoms with Gasteiger partial charge in [0.2, 0.25) is 0 Å². The van der Waals surface area contributed by atoms with Gasteiger partial charge in [-0.05, 0) is 12.1 Å². The fourth-order valence-corrected chi connectivity index (χ4v) is 1.20. The van der Waals surface area contributed by atoms with Crippen molar-refractivity contribution in [2.75, 3.05) is 5.73 Å². The van der Waals surface area contributed by atoms with Gasteiger partial charge in [0.25, 0.3) is 5.82 Å². The maximum Gasteiger partial charge on any atom is 0.274 e. The Morgan fingerprint density at radius 2 is 2.15 bits per heavy atom. The standard InChI is InChI=1S/C7H6N4O2/c8-7-5-3-1-2-4-6(5)10(9-7)11(12)13/h1-4H,(H2,8,9). The molecule has 0 saturated heterocycles. The number of benzene rings is 1. The van der Waals surface area contributed by atoms with Crippen molar-refractivity contribution < 1.29 is 5.03 Å². The number of nitro groups is 1. The van der Waals surface area contributed by atoms with E-state index in [0.29, 0.717) is 15.7 Å². The lowest BCUT2D eigenvalue weighted by Gasteiger charge is -1.91. The molecule has 13 heavy (non-hydrogen) atoms. The molecule has 66 valence electrons. The van der Waals surface area contributed by atoms with E-state index in [9.17, 15) is 10.1 Å². The second-order valence-electron chi connectivity index (χ2n) is 2.53. The Labute approximate surface area is 72.7 Å². The summed E-state index contributed by atoms with van der Waals surface area (Å²) in [6.07, 6.45) is 0. The molecule has 0 spiro atoms. The lowest BCUT2D eigenvalue weighted by molar-refractivity contribution is -0.548. The average molecular weight is 178 g/mol. The van der Waals surface area contributed by atoms with Gasteiger partial charge in [-0.15, -0.1) is 0 Å². The van der Waals surface area contributed by atoms with Crippen LogP contribution in [0.4, 0.5) is 5.82 Å². The molecule has 1 aromatic carbocycles. The topological polar surface area (TPSA) is 87.0 Å². The molecule has 0 aliphatic heterocycles. The molecule has 0 aliphatic carbocycles. The van der Waals surface area contributed by atoms with E-state index in [2.05, 4.69) is 5.10 Å². The smallest absolute Gasteiger partial charge is 0.274 e. The number of fused-ring (bicyclic) bond motifs is 1. The van der Waals surface area contributed by atoms with Crippen LogP contribution in [-0.2, 0) is 0 Å². The number of para-hydroxylation sites is 1. The SMILES string of the molecule is Nc1nn([N+](=O)[O-])c2ccccc12. The van der Waals surface area contributed by atoms with Crippen molar-refractivity contribution in [2.45, 2.75) is 0 Å². The number of rotatable bonds is 1. The zero-order chi connectivity index (χ0) is 9.42. The predicted molar refractivity (Wildman–Crippen MR) is 46.5 cm³/mol. The summed E-state index contributed by atoms with van der Waals surface area (Å²) in [5.74, 6) is 0.173. The van der Waals surface area contributed by atoms with Crippen LogP contribution in [0.1, 0.15) is 0 Å². The molecule has 0 bridgehead atoms. The number of nitrogen functional groups attached to an aromatic ring is 1. The van der Waals surface area contributed by atoms with Crippen LogP contribution >= 0.6 is 0 Å². The first-order valence-corrected chi connectivity index (χ1v) is 3.58. The van der Waals surface area contributed by atoms with Crippen LogP contribution in [0.15, 0.2) is 24.3 Å².